The number of nitrogens with zero attached hydrogens (tertiary/aromatic N) is 4. The predicted molar refractivity (Wildman–Crippen MR) is 120 cm³/mol. The van der Waals surface area contributed by atoms with Crippen LogP contribution in [0.15, 0.2) is 18.2 Å². The summed E-state index contributed by atoms with van der Waals surface area (Å²) in [4.78, 5) is 15.7. The van der Waals surface area contributed by atoms with Gasteiger partial charge in [0.2, 0.25) is 0 Å². The summed E-state index contributed by atoms with van der Waals surface area (Å²) in [6.07, 6.45) is -4.19. The average Bonchev–Trinajstić information content (AvgIpc) is 3.07. The van der Waals surface area contributed by atoms with Crippen LogP contribution in [0.2, 0.25) is 25.7 Å². The third kappa shape index (κ3) is 6.45. The zero-order valence-electron chi connectivity index (χ0n) is 19.0. The lowest BCUT2D eigenvalue weighted by Gasteiger charge is -2.36. The molecule has 1 fully saturated rings. The fraction of sp³-hybridized carbons (Fsp3) is 0.619. The number of carbonyl (C=O) groups is 1. The molecule has 1 aromatic carbocycles. The van der Waals surface area contributed by atoms with Gasteiger partial charge in [-0.3, -0.25) is 4.90 Å². The minimum absolute atomic E-state index is 0.209. The highest BCUT2D eigenvalue weighted by Crippen LogP contribution is 2.27. The molecule has 0 unspecified atom stereocenters. The Bertz CT molecular complexity index is 935. The molecule has 0 bridgehead atoms. The Morgan fingerprint density at radius 2 is 1.84 bits per heavy atom. The van der Waals surface area contributed by atoms with E-state index in [4.69, 9.17) is 9.47 Å². The summed E-state index contributed by atoms with van der Waals surface area (Å²) in [6, 6.07) is 6.61. The normalized spacial score (nSPS) is 16.0. The summed E-state index contributed by atoms with van der Waals surface area (Å²) in [5.41, 5.74) is 1.83. The number of fused-ring (bicyclic) bond motifs is 1. The molecule has 0 spiro atoms. The number of piperazine rings is 1. The second kappa shape index (κ2) is 9.80. The number of rotatable bonds is 8. The summed E-state index contributed by atoms with van der Waals surface area (Å²) in [6.45, 7) is 8.42. The van der Waals surface area contributed by atoms with Crippen molar-refractivity contribution in [2.24, 2.45) is 0 Å². The Labute approximate surface area is 187 Å². The maximum atomic E-state index is 12.7. The van der Waals surface area contributed by atoms with Gasteiger partial charge in [-0.2, -0.15) is 18.3 Å². The van der Waals surface area contributed by atoms with Crippen molar-refractivity contribution >= 4 is 30.6 Å². The number of methoxy groups -OCH3 is 1. The third-order valence-corrected chi connectivity index (χ3v) is 7.17. The van der Waals surface area contributed by atoms with Crippen LogP contribution in [0.3, 0.4) is 0 Å². The fourth-order valence-corrected chi connectivity index (χ4v) is 4.41. The lowest BCUT2D eigenvalue weighted by Crippen LogP contribution is -2.49. The first kappa shape index (κ1) is 24.5. The summed E-state index contributed by atoms with van der Waals surface area (Å²) in [7, 11) is 0.0823. The smallest absolute Gasteiger partial charge is 0.401 e. The van der Waals surface area contributed by atoms with E-state index in [1.165, 1.54) is 12.0 Å². The van der Waals surface area contributed by atoms with Crippen molar-refractivity contribution in [1.29, 1.82) is 0 Å². The van der Waals surface area contributed by atoms with Crippen LogP contribution in [0.1, 0.15) is 10.5 Å². The minimum atomic E-state index is -4.19. The van der Waals surface area contributed by atoms with E-state index in [2.05, 4.69) is 24.7 Å². The molecule has 1 aromatic heterocycles. The highest BCUT2D eigenvalue weighted by molar-refractivity contribution is 6.76. The van der Waals surface area contributed by atoms with Crippen molar-refractivity contribution in [3.05, 3.63) is 23.9 Å². The SMILES string of the molecule is COC(=O)c1nn(COCC[Si](C)(C)C)c2cc(N3CCN(CC(F)(F)F)CC3)ccc12. The predicted octanol–water partition coefficient (Wildman–Crippen LogP) is 3.82. The first-order valence-electron chi connectivity index (χ1n) is 10.7. The zero-order chi connectivity index (χ0) is 23.5. The molecular formula is C21H31F3N4O3Si. The highest BCUT2D eigenvalue weighted by Gasteiger charge is 2.32. The van der Waals surface area contributed by atoms with Crippen LogP contribution in [0.25, 0.3) is 10.9 Å². The van der Waals surface area contributed by atoms with Crippen LogP contribution < -0.4 is 4.90 Å². The first-order valence-corrected chi connectivity index (χ1v) is 14.4. The van der Waals surface area contributed by atoms with Crippen molar-refractivity contribution in [2.45, 2.75) is 38.6 Å². The number of esters is 1. The largest absolute Gasteiger partial charge is 0.464 e. The van der Waals surface area contributed by atoms with Crippen LogP contribution in [0, 0.1) is 0 Å². The van der Waals surface area contributed by atoms with Gasteiger partial charge >= 0.3 is 12.1 Å². The van der Waals surface area contributed by atoms with Crippen molar-refractivity contribution in [3.8, 4) is 0 Å². The number of benzene rings is 1. The third-order valence-electron chi connectivity index (χ3n) is 5.46. The first-order chi connectivity index (χ1) is 15.0. The van der Waals surface area contributed by atoms with Crippen LogP contribution in [-0.4, -0.2) is 81.3 Å². The van der Waals surface area contributed by atoms with Crippen LogP contribution >= 0.6 is 0 Å². The number of alkyl halides is 3. The molecule has 7 nitrogen and oxygen atoms in total. The molecule has 178 valence electrons. The molecule has 0 saturated carbocycles. The molecule has 0 atom stereocenters. The molecule has 32 heavy (non-hydrogen) atoms. The molecule has 0 radical (unpaired) electrons. The topological polar surface area (TPSA) is 59.8 Å². The Morgan fingerprint density at radius 3 is 2.44 bits per heavy atom. The molecule has 1 aliphatic heterocycles. The summed E-state index contributed by atoms with van der Waals surface area (Å²) in [5, 5.41) is 5.07. The number of ether oxygens (including phenoxy) is 2. The van der Waals surface area contributed by atoms with Gasteiger partial charge in [0.25, 0.3) is 0 Å². The molecule has 0 N–H and O–H groups in total. The van der Waals surface area contributed by atoms with E-state index in [1.54, 1.807) is 4.68 Å². The molecule has 11 heteroatoms. The number of hydrogen-bond acceptors (Lipinski definition) is 6. The number of carbonyl (C=O) groups excluding carboxylic acids is 1. The van der Waals surface area contributed by atoms with Gasteiger partial charge in [-0.1, -0.05) is 19.6 Å². The standard InChI is InChI=1S/C21H31F3N4O3Si/c1-30-20(29)19-17-6-5-16(27-9-7-26(8-10-27)14-21(22,23)24)13-18(17)28(25-19)15-31-11-12-32(2,3)4/h5-6,13H,7-12,14-15H2,1-4H3. The average molecular weight is 473 g/mol. The summed E-state index contributed by atoms with van der Waals surface area (Å²) in [5.74, 6) is -0.524. The number of hydrogen-bond donors (Lipinski definition) is 0. The monoisotopic (exact) mass is 472 g/mol. The van der Waals surface area contributed by atoms with E-state index in [-0.39, 0.29) is 12.4 Å². The fourth-order valence-electron chi connectivity index (χ4n) is 3.65. The van der Waals surface area contributed by atoms with Crippen molar-refractivity contribution in [1.82, 2.24) is 14.7 Å². The quantitative estimate of drug-likeness (QED) is 0.331. The van der Waals surface area contributed by atoms with Crippen molar-refractivity contribution in [2.75, 3.05) is 51.3 Å². The Hall–Kier alpha value is -2.11. The van der Waals surface area contributed by atoms with E-state index < -0.39 is 26.8 Å². The minimum Gasteiger partial charge on any atom is -0.464 e. The molecular weight excluding hydrogens is 441 g/mol. The maximum absolute atomic E-state index is 12.7. The Balaban J connectivity index is 1.77. The van der Waals surface area contributed by atoms with Crippen molar-refractivity contribution in [3.63, 3.8) is 0 Å². The molecule has 1 saturated heterocycles. The molecule has 2 aromatic rings. The zero-order valence-corrected chi connectivity index (χ0v) is 20.0. The van der Waals surface area contributed by atoms with E-state index >= 15 is 0 Å². The number of halogens is 3. The molecule has 0 aliphatic carbocycles. The highest BCUT2D eigenvalue weighted by atomic mass is 28.3. The van der Waals surface area contributed by atoms with Gasteiger partial charge in [-0.05, 0) is 24.2 Å². The molecule has 2 heterocycles. The van der Waals surface area contributed by atoms with Crippen molar-refractivity contribution < 1.29 is 27.4 Å². The van der Waals surface area contributed by atoms with Gasteiger partial charge < -0.3 is 14.4 Å². The van der Waals surface area contributed by atoms with E-state index in [0.717, 1.165) is 17.2 Å². The second-order valence-electron chi connectivity index (χ2n) is 9.27. The van der Waals surface area contributed by atoms with Gasteiger partial charge in [-0.25, -0.2) is 9.48 Å². The van der Waals surface area contributed by atoms with Gasteiger partial charge in [0.05, 0.1) is 19.2 Å². The van der Waals surface area contributed by atoms with E-state index in [9.17, 15) is 18.0 Å². The molecule has 0 amide bonds. The van der Waals surface area contributed by atoms with Gasteiger partial charge in [-0.15, -0.1) is 0 Å². The lowest BCUT2D eigenvalue weighted by molar-refractivity contribution is -0.146. The van der Waals surface area contributed by atoms with Crippen LogP contribution in [0.5, 0.6) is 0 Å². The molecule has 3 rings (SSSR count). The van der Waals surface area contributed by atoms with Gasteiger partial charge in [0.1, 0.15) is 6.73 Å². The number of anilines is 1. The second-order valence-corrected chi connectivity index (χ2v) is 14.9. The lowest BCUT2D eigenvalue weighted by atomic mass is 10.1. The maximum Gasteiger partial charge on any atom is 0.401 e. The summed E-state index contributed by atoms with van der Waals surface area (Å²) < 4.78 is 50.3. The summed E-state index contributed by atoms with van der Waals surface area (Å²) >= 11 is 0. The molecule has 1 aliphatic rings. The van der Waals surface area contributed by atoms with E-state index in [0.29, 0.717) is 38.2 Å². The van der Waals surface area contributed by atoms with E-state index in [1.807, 2.05) is 23.1 Å². The van der Waals surface area contributed by atoms with Crippen LogP contribution in [-0.2, 0) is 16.2 Å². The Kier molecular flexibility index (Phi) is 7.51. The van der Waals surface area contributed by atoms with Gasteiger partial charge in [0.15, 0.2) is 5.69 Å². The van der Waals surface area contributed by atoms with Crippen LogP contribution in [0.4, 0.5) is 18.9 Å². The Morgan fingerprint density at radius 1 is 1.16 bits per heavy atom. The number of aromatic nitrogens is 2. The van der Waals surface area contributed by atoms with Gasteiger partial charge in [0, 0.05) is 51.9 Å².